The first-order valence-electron chi connectivity index (χ1n) is 12.3. The summed E-state index contributed by atoms with van der Waals surface area (Å²) >= 11 is 0. The monoisotopic (exact) mass is 481 g/mol. The smallest absolute Gasteiger partial charge is 0.410 e. The van der Waals surface area contributed by atoms with Gasteiger partial charge in [-0.3, -0.25) is 10.1 Å². The van der Waals surface area contributed by atoms with E-state index in [2.05, 4.69) is 12.2 Å². The molecule has 2 rings (SSSR count). The number of carbonyl (C=O) groups excluding carboxylic acids is 2. The van der Waals surface area contributed by atoms with Crippen molar-refractivity contribution < 1.29 is 23.8 Å². The molecule has 0 bridgehead atoms. The molecule has 1 N–H and O–H groups in total. The lowest BCUT2D eigenvalue weighted by atomic mass is 10.1. The van der Waals surface area contributed by atoms with Gasteiger partial charge < -0.3 is 14.2 Å². The number of nitrogens with one attached hydrogen (secondary N) is 1. The zero-order chi connectivity index (χ0) is 25.7. The molecule has 6 heteroatoms. The van der Waals surface area contributed by atoms with E-state index in [9.17, 15) is 9.59 Å². The maximum atomic E-state index is 12.3. The van der Waals surface area contributed by atoms with Crippen LogP contribution in [0, 0.1) is 5.92 Å². The molecule has 0 aliphatic carbocycles. The average molecular weight is 482 g/mol. The second-order valence-electron chi connectivity index (χ2n) is 9.58. The molecule has 2 aromatic rings. The minimum atomic E-state index is -0.830. The van der Waals surface area contributed by atoms with Crippen LogP contribution in [0.25, 0.3) is 6.08 Å². The summed E-state index contributed by atoms with van der Waals surface area (Å²) < 4.78 is 16.8. The number of benzene rings is 2. The molecular formula is C29H39NO5. The molecule has 2 aromatic carbocycles. The average Bonchev–Trinajstić information content (AvgIpc) is 2.81. The van der Waals surface area contributed by atoms with Gasteiger partial charge in [0.2, 0.25) is 0 Å². The maximum Gasteiger partial charge on any atom is 0.410 e. The Morgan fingerprint density at radius 2 is 1.69 bits per heavy atom. The Hall–Kier alpha value is -3.28. The standard InChI is InChI=1S/C29H39NO5/c1-6-7-9-14-26(31)34-27(30-28(32)35-29(3,4)5)22(2)15-16-23-17-19-25(20-18-23)33-21-24-12-10-8-11-13-24/h8,10-13,15-20,22,27H,6-7,9,14,21H2,1-5H3,(H,30,32)/t22-,27?/m1/s1. The van der Waals surface area contributed by atoms with Crippen molar-refractivity contribution in [2.24, 2.45) is 5.92 Å². The Kier molecular flexibility index (Phi) is 11.3. The Balaban J connectivity index is 1.98. The summed E-state index contributed by atoms with van der Waals surface area (Å²) in [5.74, 6) is 0.177. The number of alkyl carbamates (subject to hydrolysis) is 1. The zero-order valence-electron chi connectivity index (χ0n) is 21.6. The van der Waals surface area contributed by atoms with Crippen LogP contribution in [0.4, 0.5) is 4.79 Å². The summed E-state index contributed by atoms with van der Waals surface area (Å²) in [6, 6.07) is 17.7. The first-order valence-corrected chi connectivity index (χ1v) is 12.3. The quantitative estimate of drug-likeness (QED) is 0.203. The number of rotatable bonds is 12. The molecule has 0 radical (unpaired) electrons. The lowest BCUT2D eigenvalue weighted by molar-refractivity contribution is -0.152. The fourth-order valence-corrected chi connectivity index (χ4v) is 3.19. The highest BCUT2D eigenvalue weighted by atomic mass is 16.6. The molecule has 1 unspecified atom stereocenters. The van der Waals surface area contributed by atoms with Gasteiger partial charge in [-0.25, -0.2) is 4.79 Å². The Morgan fingerprint density at radius 3 is 2.31 bits per heavy atom. The number of amides is 1. The Morgan fingerprint density at radius 1 is 1.00 bits per heavy atom. The van der Waals surface area contributed by atoms with Crippen LogP contribution in [0.5, 0.6) is 5.75 Å². The molecule has 1 amide bonds. The summed E-state index contributed by atoms with van der Waals surface area (Å²) in [7, 11) is 0. The van der Waals surface area contributed by atoms with Crippen molar-refractivity contribution in [2.75, 3.05) is 0 Å². The minimum absolute atomic E-state index is 0.272. The lowest BCUT2D eigenvalue weighted by Crippen LogP contribution is -2.44. The predicted molar refractivity (Wildman–Crippen MR) is 139 cm³/mol. The van der Waals surface area contributed by atoms with Crippen molar-refractivity contribution in [3.63, 3.8) is 0 Å². The van der Waals surface area contributed by atoms with E-state index in [1.165, 1.54) is 0 Å². The van der Waals surface area contributed by atoms with Crippen LogP contribution in [0.15, 0.2) is 60.7 Å². The van der Waals surface area contributed by atoms with Gasteiger partial charge in [-0.15, -0.1) is 0 Å². The summed E-state index contributed by atoms with van der Waals surface area (Å²) in [6.07, 6.45) is 5.44. The van der Waals surface area contributed by atoms with E-state index in [1.54, 1.807) is 20.8 Å². The van der Waals surface area contributed by atoms with E-state index in [4.69, 9.17) is 14.2 Å². The van der Waals surface area contributed by atoms with Gasteiger partial charge in [-0.1, -0.05) is 81.3 Å². The number of hydrogen-bond donors (Lipinski definition) is 1. The highest BCUT2D eigenvalue weighted by Crippen LogP contribution is 2.18. The molecule has 0 saturated heterocycles. The van der Waals surface area contributed by atoms with Crippen LogP contribution >= 0.6 is 0 Å². The molecule has 0 aliphatic heterocycles. The van der Waals surface area contributed by atoms with Gasteiger partial charge in [0.15, 0.2) is 6.23 Å². The predicted octanol–water partition coefficient (Wildman–Crippen LogP) is 6.89. The van der Waals surface area contributed by atoms with Gasteiger partial charge in [0, 0.05) is 12.3 Å². The van der Waals surface area contributed by atoms with Crippen LogP contribution in [0.2, 0.25) is 0 Å². The van der Waals surface area contributed by atoms with Crippen LogP contribution in [-0.2, 0) is 20.9 Å². The second kappa shape index (κ2) is 14.2. The first kappa shape index (κ1) is 28.0. The molecule has 0 aliphatic rings. The van der Waals surface area contributed by atoms with Crippen molar-refractivity contribution >= 4 is 18.1 Å². The first-order chi connectivity index (χ1) is 16.7. The third-order valence-electron chi connectivity index (χ3n) is 5.10. The topological polar surface area (TPSA) is 73.9 Å². The highest BCUT2D eigenvalue weighted by Gasteiger charge is 2.25. The van der Waals surface area contributed by atoms with E-state index in [1.807, 2.05) is 73.7 Å². The van der Waals surface area contributed by atoms with Crippen molar-refractivity contribution in [3.8, 4) is 5.75 Å². The molecule has 0 heterocycles. The number of esters is 1. The van der Waals surface area contributed by atoms with Gasteiger partial charge >= 0.3 is 12.1 Å². The summed E-state index contributed by atoms with van der Waals surface area (Å²) in [6.45, 7) is 9.83. The third kappa shape index (κ3) is 11.6. The summed E-state index contributed by atoms with van der Waals surface area (Å²) in [5, 5.41) is 2.70. The van der Waals surface area contributed by atoms with E-state index < -0.39 is 17.9 Å². The van der Waals surface area contributed by atoms with Gasteiger partial charge in [-0.05, 0) is 50.5 Å². The van der Waals surface area contributed by atoms with Crippen LogP contribution < -0.4 is 10.1 Å². The van der Waals surface area contributed by atoms with Gasteiger partial charge in [0.05, 0.1) is 0 Å². The normalized spacial score (nSPS) is 13.2. The Bertz CT molecular complexity index is 932. The molecule has 0 aromatic heterocycles. The molecule has 190 valence electrons. The molecule has 0 spiro atoms. The van der Waals surface area contributed by atoms with Crippen LogP contribution in [-0.4, -0.2) is 23.9 Å². The Labute approximate surface area is 209 Å². The SMILES string of the molecule is CCCCCC(=O)OC(NC(=O)OC(C)(C)C)[C@H](C)C=Cc1ccc(OCc2ccccc2)cc1. The van der Waals surface area contributed by atoms with Crippen molar-refractivity contribution in [3.05, 3.63) is 71.8 Å². The van der Waals surface area contributed by atoms with Crippen molar-refractivity contribution in [1.82, 2.24) is 5.32 Å². The molecule has 0 fully saturated rings. The molecule has 0 saturated carbocycles. The maximum absolute atomic E-state index is 12.3. The minimum Gasteiger partial charge on any atom is -0.489 e. The number of ether oxygens (including phenoxy) is 3. The fourth-order valence-electron chi connectivity index (χ4n) is 3.19. The third-order valence-corrected chi connectivity index (χ3v) is 5.10. The summed E-state index contributed by atoms with van der Waals surface area (Å²) in [4.78, 5) is 24.7. The van der Waals surface area contributed by atoms with Crippen molar-refractivity contribution in [1.29, 1.82) is 0 Å². The number of hydrogen-bond acceptors (Lipinski definition) is 5. The fraction of sp³-hybridized carbons (Fsp3) is 0.448. The van der Waals surface area contributed by atoms with Gasteiger partial charge in [0.1, 0.15) is 18.0 Å². The zero-order valence-corrected chi connectivity index (χ0v) is 21.6. The molecule has 6 nitrogen and oxygen atoms in total. The molecule has 2 atom stereocenters. The van der Waals surface area contributed by atoms with Crippen molar-refractivity contribution in [2.45, 2.75) is 78.7 Å². The van der Waals surface area contributed by atoms with Gasteiger partial charge in [0.25, 0.3) is 0 Å². The lowest BCUT2D eigenvalue weighted by Gasteiger charge is -2.26. The number of unbranched alkanes of at least 4 members (excludes halogenated alkanes) is 2. The molecular weight excluding hydrogens is 442 g/mol. The highest BCUT2D eigenvalue weighted by molar-refractivity contribution is 5.71. The van der Waals surface area contributed by atoms with E-state index >= 15 is 0 Å². The summed E-state index contributed by atoms with van der Waals surface area (Å²) in [5.41, 5.74) is 1.43. The largest absolute Gasteiger partial charge is 0.489 e. The second-order valence-corrected chi connectivity index (χ2v) is 9.58. The van der Waals surface area contributed by atoms with E-state index in [0.29, 0.717) is 13.0 Å². The van der Waals surface area contributed by atoms with Gasteiger partial charge in [-0.2, -0.15) is 0 Å². The van der Waals surface area contributed by atoms with Crippen LogP contribution in [0.1, 0.15) is 71.4 Å². The van der Waals surface area contributed by atoms with E-state index in [0.717, 1.165) is 36.1 Å². The van der Waals surface area contributed by atoms with Crippen LogP contribution in [0.3, 0.4) is 0 Å². The molecule has 35 heavy (non-hydrogen) atoms. The van der Waals surface area contributed by atoms with E-state index in [-0.39, 0.29) is 11.9 Å². The number of carbonyl (C=O) groups is 2.